The van der Waals surface area contributed by atoms with Crippen LogP contribution in [0.4, 0.5) is 5.69 Å². The Morgan fingerprint density at radius 2 is 1.83 bits per heavy atom. The summed E-state index contributed by atoms with van der Waals surface area (Å²) in [5.74, 6) is 0.0272. The third-order valence-corrected chi connectivity index (χ3v) is 6.05. The van der Waals surface area contributed by atoms with E-state index >= 15 is 0 Å². The molecular weight excluding hydrogens is 411 g/mol. The molecule has 30 heavy (non-hydrogen) atoms. The molecule has 2 N–H and O–H groups in total. The number of nitro groups is 1. The predicted octanol–water partition coefficient (Wildman–Crippen LogP) is 3.71. The first-order valence-corrected chi connectivity index (χ1v) is 10.7. The van der Waals surface area contributed by atoms with Crippen molar-refractivity contribution in [2.24, 2.45) is 0 Å². The minimum atomic E-state index is -3.26. The van der Waals surface area contributed by atoms with Gasteiger partial charge in [0, 0.05) is 25.7 Å². The van der Waals surface area contributed by atoms with E-state index in [-0.39, 0.29) is 23.1 Å². The summed E-state index contributed by atoms with van der Waals surface area (Å²) in [5, 5.41) is 16.6. The van der Waals surface area contributed by atoms with Crippen molar-refractivity contribution in [3.63, 3.8) is 0 Å². The number of carbonyl (C=O) groups is 1. The number of hydrogen-bond donors (Lipinski definition) is 2. The van der Waals surface area contributed by atoms with Gasteiger partial charge in [0.2, 0.25) is 5.75 Å². The minimum absolute atomic E-state index is 0.0221. The fraction of sp³-hybridized carbons (Fsp3) is 0.316. The number of ether oxygens (including phenoxy) is 1. The fourth-order valence-electron chi connectivity index (χ4n) is 2.59. The van der Waals surface area contributed by atoms with Crippen molar-refractivity contribution in [1.29, 1.82) is 0 Å². The lowest BCUT2D eigenvalue weighted by molar-refractivity contribution is -0.385. The first kappa shape index (κ1) is 23.5. The van der Waals surface area contributed by atoms with Gasteiger partial charge in [0.25, 0.3) is 5.91 Å². The highest BCUT2D eigenvalue weighted by molar-refractivity contribution is 7.54. The van der Waals surface area contributed by atoms with Crippen molar-refractivity contribution in [3.8, 4) is 11.5 Å². The van der Waals surface area contributed by atoms with Crippen LogP contribution in [0.25, 0.3) is 0 Å². The second-order valence-electron chi connectivity index (χ2n) is 6.56. The Hall–Kier alpha value is -2.78. The SMILES string of the molecule is CNP(=O)(NC)OC(C)c1ccc([N+](=O)[O-])c(Oc2cccc(C(=O)N(C)C)c2)c1. The summed E-state index contributed by atoms with van der Waals surface area (Å²) >= 11 is 0. The molecule has 1 atom stereocenters. The van der Waals surface area contributed by atoms with Gasteiger partial charge in [-0.3, -0.25) is 24.0 Å². The van der Waals surface area contributed by atoms with Gasteiger partial charge in [0.05, 0.1) is 11.0 Å². The van der Waals surface area contributed by atoms with E-state index in [1.54, 1.807) is 39.2 Å². The van der Waals surface area contributed by atoms with Gasteiger partial charge in [0.1, 0.15) is 5.75 Å². The molecule has 0 aliphatic carbocycles. The zero-order chi connectivity index (χ0) is 22.5. The summed E-state index contributed by atoms with van der Waals surface area (Å²) < 4.78 is 23.7. The van der Waals surface area contributed by atoms with E-state index in [1.807, 2.05) is 0 Å². The molecule has 0 fully saturated rings. The Balaban J connectivity index is 2.38. The smallest absolute Gasteiger partial charge is 0.340 e. The van der Waals surface area contributed by atoms with E-state index in [0.717, 1.165) is 0 Å². The van der Waals surface area contributed by atoms with Crippen LogP contribution in [-0.2, 0) is 9.09 Å². The second-order valence-corrected chi connectivity index (χ2v) is 8.77. The second kappa shape index (κ2) is 9.82. The van der Waals surface area contributed by atoms with Gasteiger partial charge in [-0.15, -0.1) is 0 Å². The number of carbonyl (C=O) groups excluding carboxylic acids is 1. The molecule has 0 aliphatic rings. The molecule has 0 heterocycles. The first-order valence-electron chi connectivity index (χ1n) is 9.04. The van der Waals surface area contributed by atoms with Gasteiger partial charge in [-0.2, -0.15) is 0 Å². The monoisotopic (exact) mass is 436 g/mol. The number of benzene rings is 2. The van der Waals surface area contributed by atoms with Crippen LogP contribution in [0.2, 0.25) is 0 Å². The molecule has 0 aromatic heterocycles. The first-order chi connectivity index (χ1) is 14.1. The molecule has 0 radical (unpaired) electrons. The number of hydrogen-bond acceptors (Lipinski definition) is 6. The van der Waals surface area contributed by atoms with Crippen molar-refractivity contribution in [2.75, 3.05) is 28.2 Å². The normalized spacial score (nSPS) is 12.3. The quantitative estimate of drug-likeness (QED) is 0.346. The Kier molecular flexibility index (Phi) is 7.69. The van der Waals surface area contributed by atoms with E-state index in [4.69, 9.17) is 9.26 Å². The standard InChI is InChI=1S/C19H25N4O6P/c1-13(29-30(27,20-2)21-3)14-9-10-17(23(25)26)18(12-14)28-16-8-6-7-15(11-16)19(24)22(4)5/h6-13H,1-5H3,(H2,20,21,27). The molecule has 0 spiro atoms. The minimum Gasteiger partial charge on any atom is -0.450 e. The number of nitrogens with zero attached hydrogens (tertiary/aromatic N) is 2. The van der Waals surface area contributed by atoms with Crippen molar-refractivity contribution in [2.45, 2.75) is 13.0 Å². The van der Waals surface area contributed by atoms with Crippen molar-refractivity contribution in [3.05, 3.63) is 63.7 Å². The van der Waals surface area contributed by atoms with Gasteiger partial charge in [0.15, 0.2) is 0 Å². The number of amides is 1. The Morgan fingerprint density at radius 3 is 2.40 bits per heavy atom. The third kappa shape index (κ3) is 5.64. The number of nitrogens with one attached hydrogen (secondary N) is 2. The Morgan fingerprint density at radius 1 is 1.17 bits per heavy atom. The molecule has 11 heteroatoms. The van der Waals surface area contributed by atoms with Crippen LogP contribution in [-0.4, -0.2) is 43.9 Å². The topological polar surface area (TPSA) is 123 Å². The average Bonchev–Trinajstić information content (AvgIpc) is 2.72. The lowest BCUT2D eigenvalue weighted by atomic mass is 10.1. The van der Waals surface area contributed by atoms with Crippen LogP contribution in [0.5, 0.6) is 11.5 Å². The predicted molar refractivity (Wildman–Crippen MR) is 113 cm³/mol. The third-order valence-electron chi connectivity index (χ3n) is 4.26. The molecule has 0 saturated carbocycles. The number of nitro benzene ring substituents is 1. The maximum atomic E-state index is 12.4. The molecule has 1 unspecified atom stereocenters. The molecule has 2 aromatic carbocycles. The van der Waals surface area contributed by atoms with E-state index in [2.05, 4.69) is 10.2 Å². The van der Waals surface area contributed by atoms with E-state index in [9.17, 15) is 19.5 Å². The van der Waals surface area contributed by atoms with Crippen molar-refractivity contribution >= 4 is 19.3 Å². The van der Waals surface area contributed by atoms with Crippen molar-refractivity contribution in [1.82, 2.24) is 15.1 Å². The van der Waals surface area contributed by atoms with Crippen LogP contribution in [0.3, 0.4) is 0 Å². The zero-order valence-corrected chi connectivity index (χ0v) is 18.3. The molecule has 2 aromatic rings. The van der Waals surface area contributed by atoms with Gasteiger partial charge in [-0.05, 0) is 56.9 Å². The number of rotatable bonds is 9. The molecule has 0 saturated heterocycles. The Labute approximate surface area is 174 Å². The molecule has 0 aliphatic heterocycles. The summed E-state index contributed by atoms with van der Waals surface area (Å²) in [6, 6.07) is 10.6. The van der Waals surface area contributed by atoms with Crippen LogP contribution >= 0.6 is 7.67 Å². The fourth-order valence-corrected chi connectivity index (χ4v) is 3.60. The summed E-state index contributed by atoms with van der Waals surface area (Å²) in [7, 11) is 2.98. The highest BCUT2D eigenvalue weighted by atomic mass is 31.2. The summed E-state index contributed by atoms with van der Waals surface area (Å²) in [4.78, 5) is 24.5. The molecular formula is C19H25N4O6P. The lowest BCUT2D eigenvalue weighted by Gasteiger charge is -2.21. The van der Waals surface area contributed by atoms with E-state index < -0.39 is 18.7 Å². The maximum Gasteiger partial charge on any atom is 0.340 e. The van der Waals surface area contributed by atoms with Gasteiger partial charge in [-0.1, -0.05) is 6.07 Å². The molecule has 1 amide bonds. The van der Waals surface area contributed by atoms with Crippen LogP contribution in [0.1, 0.15) is 28.9 Å². The van der Waals surface area contributed by atoms with Gasteiger partial charge >= 0.3 is 13.4 Å². The van der Waals surface area contributed by atoms with E-state index in [0.29, 0.717) is 11.1 Å². The zero-order valence-electron chi connectivity index (χ0n) is 17.4. The van der Waals surface area contributed by atoms with Gasteiger partial charge in [-0.25, -0.2) is 10.2 Å². The molecule has 162 valence electrons. The van der Waals surface area contributed by atoms with Gasteiger partial charge < -0.3 is 9.64 Å². The lowest BCUT2D eigenvalue weighted by Crippen LogP contribution is -2.21. The molecule has 10 nitrogen and oxygen atoms in total. The van der Waals surface area contributed by atoms with Crippen molar-refractivity contribution < 1.29 is 23.5 Å². The maximum absolute atomic E-state index is 12.4. The van der Waals surface area contributed by atoms with Crippen LogP contribution < -0.4 is 14.9 Å². The average molecular weight is 436 g/mol. The summed E-state index contributed by atoms with van der Waals surface area (Å²) in [5.41, 5.74) is 0.666. The van der Waals surface area contributed by atoms with Crippen LogP contribution in [0, 0.1) is 10.1 Å². The molecule has 2 rings (SSSR count). The largest absolute Gasteiger partial charge is 0.450 e. The Bertz CT molecular complexity index is 973. The summed E-state index contributed by atoms with van der Waals surface area (Å²) in [6.07, 6.45) is -0.652. The molecule has 0 bridgehead atoms. The van der Waals surface area contributed by atoms with E-state index in [1.165, 1.54) is 43.3 Å². The highest BCUT2D eigenvalue weighted by Crippen LogP contribution is 2.43. The highest BCUT2D eigenvalue weighted by Gasteiger charge is 2.25. The van der Waals surface area contributed by atoms with Crippen LogP contribution in [0.15, 0.2) is 42.5 Å². The summed E-state index contributed by atoms with van der Waals surface area (Å²) in [6.45, 7) is 1.67.